The molecule has 0 aliphatic heterocycles. The van der Waals surface area contributed by atoms with E-state index in [0.29, 0.717) is 0 Å². The number of carboxylic acids is 2. The van der Waals surface area contributed by atoms with Crippen LogP contribution >= 0.6 is 15.8 Å². The Bertz CT molecular complexity index is 979. The Balaban J connectivity index is 0.000000671. The van der Waals surface area contributed by atoms with Gasteiger partial charge in [-0.1, -0.05) is 121 Å². The van der Waals surface area contributed by atoms with Crippen molar-refractivity contribution < 1.29 is 36.9 Å². The Hall–Kier alpha value is -2.80. The van der Waals surface area contributed by atoms with Crippen molar-refractivity contribution in [1.29, 1.82) is 0 Å². The predicted molar refractivity (Wildman–Crippen MR) is 149 cm³/mol. The molecule has 4 nitrogen and oxygen atoms in total. The normalized spacial score (nSPS) is 9.73. The summed E-state index contributed by atoms with van der Waals surface area (Å²) in [5.41, 5.74) is 0. The van der Waals surface area contributed by atoms with E-state index in [1.165, 1.54) is 33.5 Å². The van der Waals surface area contributed by atoms with Gasteiger partial charge >= 0.3 is 0 Å². The Kier molecular flexibility index (Phi) is 16.1. The van der Waals surface area contributed by atoms with Gasteiger partial charge in [0, 0.05) is 29.0 Å². The fourth-order valence-electron chi connectivity index (χ4n) is 3.45. The molecule has 1 radical (unpaired) electrons. The molecule has 0 heterocycles. The Morgan fingerprint density at radius 3 is 0.811 bits per heavy atom. The van der Waals surface area contributed by atoms with Crippen LogP contribution in [0.3, 0.4) is 0 Å². The summed E-state index contributed by atoms with van der Waals surface area (Å²) >= 11 is 0. The molecular weight excluding hydrogens is 550 g/mol. The molecule has 0 aliphatic rings. The number of rotatable bonds is 7. The third kappa shape index (κ3) is 12.8. The van der Waals surface area contributed by atoms with Crippen molar-refractivity contribution in [3.8, 4) is 0 Å². The number of aliphatic carboxylic acids is 2. The van der Waals surface area contributed by atoms with E-state index in [0.717, 1.165) is 13.8 Å². The van der Waals surface area contributed by atoms with Gasteiger partial charge in [-0.2, -0.15) is 0 Å². The summed E-state index contributed by atoms with van der Waals surface area (Å²) in [6.07, 6.45) is 2.41. The number of hydrogen-bond donors (Lipinski definition) is 0. The van der Waals surface area contributed by atoms with Crippen molar-refractivity contribution in [3.63, 3.8) is 0 Å². The minimum Gasteiger partial charge on any atom is -0.550 e. The van der Waals surface area contributed by atoms with E-state index in [1.54, 1.807) is 0 Å². The van der Waals surface area contributed by atoms with E-state index in [2.05, 4.69) is 121 Å². The van der Waals surface area contributed by atoms with Gasteiger partial charge in [0.1, 0.15) is 0 Å². The molecule has 37 heavy (non-hydrogen) atoms. The predicted octanol–water partition coefficient (Wildman–Crippen LogP) is 2.76. The number of carbonyl (C=O) groups is 2. The molecule has 0 fully saturated rings. The Morgan fingerprint density at radius 1 is 0.486 bits per heavy atom. The van der Waals surface area contributed by atoms with Crippen LogP contribution in [0.4, 0.5) is 0 Å². The molecule has 0 atom stereocenters. The van der Waals surface area contributed by atoms with Gasteiger partial charge in [-0.3, -0.25) is 0 Å². The number of carbonyl (C=O) groups excluding carboxylic acids is 2. The average Bonchev–Trinajstić information content (AvgIpc) is 2.88. The number of carboxylic acid groups (broad SMARTS) is 2. The Morgan fingerprint density at radius 2 is 0.649 bits per heavy atom. The van der Waals surface area contributed by atoms with E-state index in [4.69, 9.17) is 19.8 Å². The van der Waals surface area contributed by atoms with Crippen molar-refractivity contribution in [3.05, 3.63) is 121 Å². The SMILES string of the molecule is CC(=O)[O-].CC(=O)[O-].[Cu].c1ccc(P(CCP(c2ccccc2)c2ccccc2)c2ccccc2)cc1. The summed E-state index contributed by atoms with van der Waals surface area (Å²) in [6.45, 7) is 1.94. The maximum absolute atomic E-state index is 8.89. The minimum absolute atomic E-state index is 0. The first kappa shape index (κ1) is 32.2. The second-order valence-corrected chi connectivity index (χ2v) is 12.3. The fourth-order valence-corrected chi connectivity index (χ4v) is 8.80. The number of hydrogen-bond acceptors (Lipinski definition) is 4. The largest absolute Gasteiger partial charge is 0.550 e. The second-order valence-electron chi connectivity index (χ2n) is 7.63. The molecule has 0 saturated heterocycles. The first-order chi connectivity index (χ1) is 17.4. The fraction of sp³-hybridized carbons (Fsp3) is 0.133. The molecule has 0 bridgehead atoms. The van der Waals surface area contributed by atoms with Crippen molar-refractivity contribution in [2.45, 2.75) is 13.8 Å². The van der Waals surface area contributed by atoms with Gasteiger partial charge in [0.2, 0.25) is 0 Å². The minimum atomic E-state index is -1.08. The van der Waals surface area contributed by atoms with Gasteiger partial charge in [0.15, 0.2) is 0 Å². The standard InChI is InChI=1S/C26H24P2.2C2H4O2.Cu/c1-5-13-23(14-6-1)27(24-15-7-2-8-16-24)21-22-28(25-17-9-3-10-18-25)26-19-11-4-12-20-26;2*1-2(3)4;/h1-20H,21-22H2;2*1H3,(H,3,4);/p-2. The zero-order chi connectivity index (χ0) is 26.2. The van der Waals surface area contributed by atoms with Gasteiger partial charge < -0.3 is 19.8 Å². The van der Waals surface area contributed by atoms with E-state index in [9.17, 15) is 0 Å². The molecule has 4 rings (SSSR count). The van der Waals surface area contributed by atoms with Gasteiger partial charge in [0.05, 0.1) is 0 Å². The molecular formula is C30H30CuO4P2-2. The second kappa shape index (κ2) is 18.4. The van der Waals surface area contributed by atoms with Crippen molar-refractivity contribution in [1.82, 2.24) is 0 Å². The van der Waals surface area contributed by atoms with Crippen LogP contribution < -0.4 is 31.4 Å². The molecule has 0 unspecified atom stereocenters. The smallest absolute Gasteiger partial charge is 0.0383 e. The van der Waals surface area contributed by atoms with E-state index in [1.807, 2.05) is 0 Å². The first-order valence-electron chi connectivity index (χ1n) is 11.5. The van der Waals surface area contributed by atoms with E-state index < -0.39 is 11.9 Å². The van der Waals surface area contributed by atoms with Crippen molar-refractivity contribution in [2.24, 2.45) is 0 Å². The molecule has 7 heteroatoms. The Labute approximate surface area is 232 Å². The van der Waals surface area contributed by atoms with Gasteiger partial charge in [-0.25, -0.2) is 0 Å². The molecule has 4 aromatic carbocycles. The third-order valence-corrected chi connectivity index (χ3v) is 10.2. The zero-order valence-electron chi connectivity index (χ0n) is 20.8. The quantitative estimate of drug-likeness (QED) is 0.249. The van der Waals surface area contributed by atoms with Crippen LogP contribution in [-0.2, 0) is 26.7 Å². The molecule has 0 amide bonds. The van der Waals surface area contributed by atoms with E-state index >= 15 is 0 Å². The van der Waals surface area contributed by atoms with Crippen LogP contribution in [0.5, 0.6) is 0 Å². The molecule has 0 aromatic heterocycles. The molecule has 4 aromatic rings. The summed E-state index contributed by atoms with van der Waals surface area (Å²) in [5.74, 6) is -2.17. The summed E-state index contributed by atoms with van der Waals surface area (Å²) in [6, 6.07) is 44.2. The van der Waals surface area contributed by atoms with Crippen molar-refractivity contribution in [2.75, 3.05) is 12.3 Å². The number of benzene rings is 4. The molecule has 0 saturated carbocycles. The van der Waals surface area contributed by atoms with Crippen LogP contribution in [0.15, 0.2) is 121 Å². The molecule has 0 spiro atoms. The van der Waals surface area contributed by atoms with Gasteiger partial charge in [-0.15, -0.1) is 0 Å². The summed E-state index contributed by atoms with van der Waals surface area (Å²) < 4.78 is 0. The molecule has 0 aliphatic carbocycles. The van der Waals surface area contributed by atoms with Gasteiger partial charge in [-0.05, 0) is 63.2 Å². The summed E-state index contributed by atoms with van der Waals surface area (Å²) in [7, 11) is -0.696. The van der Waals surface area contributed by atoms with E-state index in [-0.39, 0.29) is 32.9 Å². The van der Waals surface area contributed by atoms with Crippen molar-refractivity contribution >= 4 is 49.0 Å². The third-order valence-electron chi connectivity index (χ3n) is 4.82. The summed E-state index contributed by atoms with van der Waals surface area (Å²) in [5, 5.41) is 23.7. The zero-order valence-corrected chi connectivity index (χ0v) is 23.5. The maximum atomic E-state index is 8.89. The molecule has 197 valence electrons. The summed E-state index contributed by atoms with van der Waals surface area (Å²) in [4.78, 5) is 17.8. The molecule has 0 N–H and O–H groups in total. The maximum Gasteiger partial charge on any atom is 0.0383 e. The first-order valence-corrected chi connectivity index (χ1v) is 14.5. The van der Waals surface area contributed by atoms with Crippen LogP contribution in [-0.4, -0.2) is 24.3 Å². The van der Waals surface area contributed by atoms with Gasteiger partial charge in [0.25, 0.3) is 0 Å². The average molecular weight is 580 g/mol. The topological polar surface area (TPSA) is 80.3 Å². The van der Waals surface area contributed by atoms with Crippen LogP contribution in [0.25, 0.3) is 0 Å². The van der Waals surface area contributed by atoms with Crippen LogP contribution in [0.1, 0.15) is 13.8 Å². The monoisotopic (exact) mass is 579 g/mol. The van der Waals surface area contributed by atoms with Crippen LogP contribution in [0, 0.1) is 0 Å². The van der Waals surface area contributed by atoms with Crippen LogP contribution in [0.2, 0.25) is 0 Å².